The molecule has 2 aliphatic heterocycles. The Labute approximate surface area is 169 Å². The molecule has 0 unspecified atom stereocenters. The van der Waals surface area contributed by atoms with Gasteiger partial charge in [0.1, 0.15) is 11.3 Å². The van der Waals surface area contributed by atoms with E-state index in [1.54, 1.807) is 43.3 Å². The minimum absolute atomic E-state index is 0.0460. The lowest BCUT2D eigenvalue weighted by molar-refractivity contribution is -0.151. The molecule has 0 radical (unpaired) electrons. The van der Waals surface area contributed by atoms with Crippen molar-refractivity contribution in [3.05, 3.63) is 63.0 Å². The highest BCUT2D eigenvalue weighted by atomic mass is 35.5. The topological polar surface area (TPSA) is 84.2 Å². The van der Waals surface area contributed by atoms with Crippen molar-refractivity contribution in [2.75, 3.05) is 13.4 Å². The highest BCUT2D eigenvalue weighted by Crippen LogP contribution is 2.48. The van der Waals surface area contributed by atoms with Crippen molar-refractivity contribution in [2.24, 2.45) is 0 Å². The Bertz CT molecular complexity index is 1200. The summed E-state index contributed by atoms with van der Waals surface area (Å²) in [6.45, 7) is 1.93. The fourth-order valence-corrected chi connectivity index (χ4v) is 4.07. The van der Waals surface area contributed by atoms with E-state index >= 15 is 0 Å². The van der Waals surface area contributed by atoms with E-state index < -0.39 is 23.6 Å². The fraction of sp³-hybridized carbons (Fsp3) is 0.238. The number of rotatable bonds is 3. The van der Waals surface area contributed by atoms with Crippen LogP contribution in [0.5, 0.6) is 17.2 Å². The van der Waals surface area contributed by atoms with Crippen molar-refractivity contribution >= 4 is 28.5 Å². The van der Waals surface area contributed by atoms with E-state index in [0.29, 0.717) is 38.8 Å². The van der Waals surface area contributed by atoms with Gasteiger partial charge in [0.05, 0.1) is 28.5 Å². The Hall–Kier alpha value is -3.19. The highest BCUT2D eigenvalue weighted by Gasteiger charge is 2.45. The van der Waals surface area contributed by atoms with Crippen LogP contribution in [0.2, 0.25) is 5.02 Å². The largest absolute Gasteiger partial charge is 0.476 e. The molecule has 2 atom stereocenters. The molecular formula is C21H15ClO7. The Morgan fingerprint density at radius 3 is 2.86 bits per heavy atom. The average molecular weight is 415 g/mol. The number of hydrogen-bond acceptors (Lipinski definition) is 7. The Morgan fingerprint density at radius 1 is 1.21 bits per heavy atom. The molecule has 0 spiro atoms. The first-order chi connectivity index (χ1) is 14.1. The van der Waals surface area contributed by atoms with Crippen LogP contribution < -0.4 is 19.8 Å². The third-order valence-electron chi connectivity index (χ3n) is 4.99. The van der Waals surface area contributed by atoms with Gasteiger partial charge in [0, 0.05) is 0 Å². The van der Waals surface area contributed by atoms with Gasteiger partial charge in [-0.2, -0.15) is 0 Å². The summed E-state index contributed by atoms with van der Waals surface area (Å²) in [5, 5.41) is 0.918. The fourth-order valence-electron chi connectivity index (χ4n) is 3.79. The van der Waals surface area contributed by atoms with E-state index in [1.165, 1.54) is 0 Å². The van der Waals surface area contributed by atoms with Gasteiger partial charge in [-0.25, -0.2) is 9.59 Å². The second-order valence-electron chi connectivity index (χ2n) is 6.63. The molecule has 29 heavy (non-hydrogen) atoms. The molecule has 7 nitrogen and oxygen atoms in total. The Kier molecular flexibility index (Phi) is 4.13. The zero-order chi connectivity index (χ0) is 20.1. The number of esters is 1. The summed E-state index contributed by atoms with van der Waals surface area (Å²) in [4.78, 5) is 25.6. The Balaban J connectivity index is 1.74. The molecule has 0 fully saturated rings. The number of carbonyl (C=O) groups is 1. The van der Waals surface area contributed by atoms with Crippen molar-refractivity contribution in [1.82, 2.24) is 0 Å². The molecule has 1 aromatic heterocycles. The molecule has 148 valence electrons. The molecule has 0 aliphatic carbocycles. The normalized spacial score (nSPS) is 19.1. The first-order valence-corrected chi connectivity index (χ1v) is 9.44. The summed E-state index contributed by atoms with van der Waals surface area (Å²) >= 11 is 6.34. The van der Waals surface area contributed by atoms with E-state index in [1.807, 2.05) is 0 Å². The molecular weight excluding hydrogens is 400 g/mol. The maximum atomic E-state index is 12.9. The van der Waals surface area contributed by atoms with E-state index in [2.05, 4.69) is 0 Å². The molecule has 2 aliphatic rings. The number of para-hydroxylation sites is 1. The standard InChI is InChI=1S/C21H15ClO7/c1-2-25-21(24)19-15(10-7-12(22)18-14(8-10)26-9-27-18)16-17(29-19)11-5-3-4-6-13(11)28-20(16)23/h3-8,15,19H,2,9H2,1H3/t15-,19+/m0/s1. The van der Waals surface area contributed by atoms with E-state index in [9.17, 15) is 9.59 Å². The number of carbonyl (C=O) groups excluding carboxylic acids is 1. The van der Waals surface area contributed by atoms with Gasteiger partial charge in [-0.3, -0.25) is 0 Å². The lowest BCUT2D eigenvalue weighted by Crippen LogP contribution is -2.32. The van der Waals surface area contributed by atoms with E-state index in [0.717, 1.165) is 0 Å². The summed E-state index contributed by atoms with van der Waals surface area (Å²) in [6, 6.07) is 10.3. The van der Waals surface area contributed by atoms with Gasteiger partial charge >= 0.3 is 11.6 Å². The summed E-state index contributed by atoms with van der Waals surface area (Å²) in [5.74, 6) is -0.168. The van der Waals surface area contributed by atoms with Gasteiger partial charge in [-0.05, 0) is 36.8 Å². The van der Waals surface area contributed by atoms with Crippen molar-refractivity contribution in [3.63, 3.8) is 0 Å². The van der Waals surface area contributed by atoms with Crippen LogP contribution in [-0.4, -0.2) is 25.5 Å². The van der Waals surface area contributed by atoms with E-state index in [4.69, 9.17) is 35.0 Å². The van der Waals surface area contributed by atoms with Crippen molar-refractivity contribution in [2.45, 2.75) is 18.9 Å². The zero-order valence-corrected chi connectivity index (χ0v) is 16.0. The molecule has 0 amide bonds. The summed E-state index contributed by atoms with van der Waals surface area (Å²) in [5.41, 5.74) is 0.614. The van der Waals surface area contributed by atoms with Crippen LogP contribution in [0.25, 0.3) is 11.0 Å². The number of halogens is 1. The maximum Gasteiger partial charge on any atom is 0.348 e. The SMILES string of the molecule is CCOC(=O)[C@@H]1Oc2c(c(=O)oc3ccccc23)[C@@H]1c1cc(Cl)c2c(c1)OCO2. The second kappa shape index (κ2) is 6.70. The second-order valence-corrected chi connectivity index (χ2v) is 7.04. The van der Waals surface area contributed by atoms with Gasteiger partial charge in [0.2, 0.25) is 12.9 Å². The minimum Gasteiger partial charge on any atom is -0.476 e. The van der Waals surface area contributed by atoms with Crippen molar-refractivity contribution < 1.29 is 28.2 Å². The smallest absolute Gasteiger partial charge is 0.348 e. The first-order valence-electron chi connectivity index (χ1n) is 9.06. The van der Waals surface area contributed by atoms with Crippen LogP contribution in [0.1, 0.15) is 24.0 Å². The lowest BCUT2D eigenvalue weighted by atomic mass is 9.88. The quantitative estimate of drug-likeness (QED) is 0.478. The molecule has 0 saturated carbocycles. The molecule has 2 aromatic carbocycles. The Morgan fingerprint density at radius 2 is 2.03 bits per heavy atom. The summed E-state index contributed by atoms with van der Waals surface area (Å²) < 4.78 is 27.5. The average Bonchev–Trinajstić information content (AvgIpc) is 3.33. The van der Waals surface area contributed by atoms with Gasteiger partial charge in [-0.1, -0.05) is 23.7 Å². The maximum absolute atomic E-state index is 12.9. The monoisotopic (exact) mass is 414 g/mol. The summed E-state index contributed by atoms with van der Waals surface area (Å²) in [7, 11) is 0. The lowest BCUT2D eigenvalue weighted by Gasteiger charge is -2.18. The van der Waals surface area contributed by atoms with Crippen LogP contribution in [0.3, 0.4) is 0 Å². The van der Waals surface area contributed by atoms with Gasteiger partial charge in [0.15, 0.2) is 11.5 Å². The molecule has 5 rings (SSSR count). The first kappa shape index (κ1) is 17.9. The number of benzene rings is 2. The van der Waals surface area contributed by atoms with Crippen LogP contribution in [0.15, 0.2) is 45.6 Å². The molecule has 0 saturated heterocycles. The third kappa shape index (κ3) is 2.73. The zero-order valence-electron chi connectivity index (χ0n) is 15.3. The number of fused-ring (bicyclic) bond motifs is 4. The van der Waals surface area contributed by atoms with Crippen molar-refractivity contribution in [3.8, 4) is 17.2 Å². The minimum atomic E-state index is -1.06. The third-order valence-corrected chi connectivity index (χ3v) is 5.27. The van der Waals surface area contributed by atoms with E-state index in [-0.39, 0.29) is 19.0 Å². The van der Waals surface area contributed by atoms with Crippen LogP contribution in [0, 0.1) is 0 Å². The molecule has 3 heterocycles. The predicted octanol–water partition coefficient (Wildman–Crippen LogP) is 3.63. The molecule has 3 aromatic rings. The molecule has 0 bridgehead atoms. The molecule has 0 N–H and O–H groups in total. The number of hydrogen-bond donors (Lipinski definition) is 0. The summed E-state index contributed by atoms with van der Waals surface area (Å²) in [6.07, 6.45) is -1.06. The number of ether oxygens (including phenoxy) is 4. The van der Waals surface area contributed by atoms with Gasteiger partial charge < -0.3 is 23.4 Å². The van der Waals surface area contributed by atoms with Crippen LogP contribution in [0.4, 0.5) is 0 Å². The van der Waals surface area contributed by atoms with Crippen LogP contribution in [-0.2, 0) is 9.53 Å². The van der Waals surface area contributed by atoms with Crippen LogP contribution >= 0.6 is 11.6 Å². The van der Waals surface area contributed by atoms with Gasteiger partial charge in [-0.15, -0.1) is 0 Å². The highest BCUT2D eigenvalue weighted by molar-refractivity contribution is 6.32. The predicted molar refractivity (Wildman–Crippen MR) is 103 cm³/mol. The van der Waals surface area contributed by atoms with Gasteiger partial charge in [0.25, 0.3) is 0 Å². The molecule has 8 heteroatoms. The van der Waals surface area contributed by atoms with Crippen molar-refractivity contribution in [1.29, 1.82) is 0 Å².